The van der Waals surface area contributed by atoms with Crippen LogP contribution in [0.3, 0.4) is 0 Å². The number of nitro benzene ring substituents is 1. The first-order valence-electron chi connectivity index (χ1n) is 5.63. The van der Waals surface area contributed by atoms with E-state index in [0.717, 1.165) is 5.56 Å². The molecule has 0 saturated carbocycles. The highest BCUT2D eigenvalue weighted by molar-refractivity contribution is 5.84. The molecule has 1 aromatic rings. The molecule has 1 unspecified atom stereocenters. The molecule has 0 aliphatic rings. The number of hydrogen-bond donors (Lipinski definition) is 2. The largest absolute Gasteiger partial charge is 0.368 e. The minimum atomic E-state index is -0.634. The van der Waals surface area contributed by atoms with Crippen LogP contribution in [0.1, 0.15) is 19.4 Å². The van der Waals surface area contributed by atoms with Gasteiger partial charge in [-0.05, 0) is 24.5 Å². The van der Waals surface area contributed by atoms with Gasteiger partial charge in [-0.15, -0.1) is 0 Å². The highest BCUT2D eigenvalue weighted by Crippen LogP contribution is 2.26. The standard InChI is InChI=1S/C12H17N3O3/c1-7(2)11(12(13)16)14-9-6-8(3)4-5-10(9)15(17)18/h4-7,11,14H,1-3H3,(H2,13,16). The van der Waals surface area contributed by atoms with Crippen molar-refractivity contribution in [2.45, 2.75) is 26.8 Å². The Morgan fingerprint density at radius 1 is 1.44 bits per heavy atom. The van der Waals surface area contributed by atoms with Gasteiger partial charge in [-0.3, -0.25) is 14.9 Å². The number of nitrogens with one attached hydrogen (secondary N) is 1. The molecule has 1 atom stereocenters. The predicted octanol–water partition coefficient (Wildman–Crippen LogP) is 1.83. The van der Waals surface area contributed by atoms with E-state index in [9.17, 15) is 14.9 Å². The van der Waals surface area contributed by atoms with Crippen molar-refractivity contribution in [2.75, 3.05) is 5.32 Å². The van der Waals surface area contributed by atoms with Gasteiger partial charge in [-0.25, -0.2) is 0 Å². The summed E-state index contributed by atoms with van der Waals surface area (Å²) in [5.74, 6) is -0.580. The predicted molar refractivity (Wildman–Crippen MR) is 69.3 cm³/mol. The molecule has 0 aromatic heterocycles. The molecular formula is C12H17N3O3. The third-order valence-electron chi connectivity index (χ3n) is 2.63. The maximum atomic E-state index is 11.3. The van der Waals surface area contributed by atoms with E-state index in [2.05, 4.69) is 5.32 Å². The van der Waals surface area contributed by atoms with Crippen LogP contribution in [-0.4, -0.2) is 16.9 Å². The van der Waals surface area contributed by atoms with Crippen molar-refractivity contribution in [3.63, 3.8) is 0 Å². The highest BCUT2D eigenvalue weighted by Gasteiger charge is 2.23. The van der Waals surface area contributed by atoms with Gasteiger partial charge in [0.15, 0.2) is 0 Å². The summed E-state index contributed by atoms with van der Waals surface area (Å²) in [5.41, 5.74) is 6.40. The smallest absolute Gasteiger partial charge is 0.292 e. The quantitative estimate of drug-likeness (QED) is 0.616. The van der Waals surface area contributed by atoms with E-state index in [-0.39, 0.29) is 11.6 Å². The lowest BCUT2D eigenvalue weighted by molar-refractivity contribution is -0.384. The van der Waals surface area contributed by atoms with Gasteiger partial charge in [0.05, 0.1) is 4.92 Å². The molecule has 0 spiro atoms. The number of primary amides is 1. The fraction of sp³-hybridized carbons (Fsp3) is 0.417. The summed E-state index contributed by atoms with van der Waals surface area (Å²) in [4.78, 5) is 21.7. The van der Waals surface area contributed by atoms with Crippen molar-refractivity contribution in [1.29, 1.82) is 0 Å². The SMILES string of the molecule is Cc1ccc([N+](=O)[O-])c(NC(C(N)=O)C(C)C)c1. The Balaban J connectivity index is 3.12. The summed E-state index contributed by atoms with van der Waals surface area (Å²) >= 11 is 0. The van der Waals surface area contributed by atoms with E-state index >= 15 is 0 Å². The van der Waals surface area contributed by atoms with Crippen LogP contribution in [0.15, 0.2) is 18.2 Å². The fourth-order valence-corrected chi connectivity index (χ4v) is 1.66. The highest BCUT2D eigenvalue weighted by atomic mass is 16.6. The Morgan fingerprint density at radius 2 is 2.06 bits per heavy atom. The van der Waals surface area contributed by atoms with E-state index in [1.54, 1.807) is 12.1 Å². The molecule has 0 bridgehead atoms. The van der Waals surface area contributed by atoms with Gasteiger partial charge >= 0.3 is 0 Å². The van der Waals surface area contributed by atoms with Gasteiger partial charge in [0.25, 0.3) is 5.69 Å². The van der Waals surface area contributed by atoms with Crippen LogP contribution in [0.4, 0.5) is 11.4 Å². The molecule has 0 fully saturated rings. The number of hydrogen-bond acceptors (Lipinski definition) is 4. The van der Waals surface area contributed by atoms with Crippen LogP contribution in [-0.2, 0) is 4.79 Å². The fourth-order valence-electron chi connectivity index (χ4n) is 1.66. The number of anilines is 1. The number of nitro groups is 1. The first-order chi connectivity index (χ1) is 8.32. The third kappa shape index (κ3) is 3.19. The Morgan fingerprint density at radius 3 is 2.50 bits per heavy atom. The first-order valence-corrected chi connectivity index (χ1v) is 5.63. The maximum absolute atomic E-state index is 11.3. The van der Waals surface area contributed by atoms with E-state index in [1.807, 2.05) is 20.8 Å². The summed E-state index contributed by atoms with van der Waals surface area (Å²) in [5, 5.41) is 13.8. The Kier molecular flexibility index (Phi) is 4.25. The average Bonchev–Trinajstić information content (AvgIpc) is 2.24. The van der Waals surface area contributed by atoms with Crippen LogP contribution in [0.5, 0.6) is 0 Å². The molecule has 1 rings (SSSR count). The molecule has 3 N–H and O–H groups in total. The zero-order valence-corrected chi connectivity index (χ0v) is 10.6. The van der Waals surface area contributed by atoms with Crippen LogP contribution in [0.25, 0.3) is 0 Å². The molecule has 0 aliphatic carbocycles. The van der Waals surface area contributed by atoms with Gasteiger partial charge < -0.3 is 11.1 Å². The van der Waals surface area contributed by atoms with Crippen LogP contribution >= 0.6 is 0 Å². The number of nitrogens with zero attached hydrogens (tertiary/aromatic N) is 1. The maximum Gasteiger partial charge on any atom is 0.292 e. The molecule has 1 amide bonds. The van der Waals surface area contributed by atoms with Gasteiger partial charge in [0.1, 0.15) is 11.7 Å². The van der Waals surface area contributed by atoms with Crippen molar-refractivity contribution < 1.29 is 9.72 Å². The molecule has 1 aromatic carbocycles. The monoisotopic (exact) mass is 251 g/mol. The molecule has 98 valence electrons. The van der Waals surface area contributed by atoms with Crippen molar-refractivity contribution in [2.24, 2.45) is 11.7 Å². The second kappa shape index (κ2) is 5.48. The number of amides is 1. The van der Waals surface area contributed by atoms with Crippen molar-refractivity contribution in [3.8, 4) is 0 Å². The summed E-state index contributed by atoms with van der Waals surface area (Å²) in [7, 11) is 0. The second-order valence-electron chi connectivity index (χ2n) is 4.55. The van der Waals surface area contributed by atoms with Crippen molar-refractivity contribution in [3.05, 3.63) is 33.9 Å². The number of nitrogens with two attached hydrogens (primary N) is 1. The third-order valence-corrected chi connectivity index (χ3v) is 2.63. The molecule has 6 heteroatoms. The van der Waals surface area contributed by atoms with Crippen molar-refractivity contribution in [1.82, 2.24) is 0 Å². The van der Waals surface area contributed by atoms with E-state index in [1.165, 1.54) is 6.07 Å². The molecular weight excluding hydrogens is 234 g/mol. The number of aryl methyl sites for hydroxylation is 1. The molecule has 0 radical (unpaired) electrons. The number of carbonyl (C=O) groups is 1. The first kappa shape index (κ1) is 14.0. The molecule has 6 nitrogen and oxygen atoms in total. The van der Waals surface area contributed by atoms with E-state index in [0.29, 0.717) is 5.69 Å². The minimum absolute atomic E-state index is 0.0531. The zero-order valence-electron chi connectivity index (χ0n) is 10.6. The normalized spacial score (nSPS) is 12.2. The van der Waals surface area contributed by atoms with Crippen molar-refractivity contribution >= 4 is 17.3 Å². The Bertz CT molecular complexity index is 472. The average molecular weight is 251 g/mol. The van der Waals surface area contributed by atoms with E-state index in [4.69, 9.17) is 5.73 Å². The van der Waals surface area contributed by atoms with Gasteiger partial charge in [0.2, 0.25) is 5.91 Å². The van der Waals surface area contributed by atoms with E-state index < -0.39 is 16.9 Å². The molecule has 0 saturated heterocycles. The summed E-state index contributed by atoms with van der Waals surface area (Å²) < 4.78 is 0. The molecule has 0 heterocycles. The molecule has 0 aliphatic heterocycles. The zero-order chi connectivity index (χ0) is 13.9. The lowest BCUT2D eigenvalue weighted by atomic mass is 10.0. The van der Waals surface area contributed by atoms with Crippen LogP contribution < -0.4 is 11.1 Å². The van der Waals surface area contributed by atoms with Gasteiger partial charge in [-0.2, -0.15) is 0 Å². The lowest BCUT2D eigenvalue weighted by Gasteiger charge is -2.20. The number of carbonyl (C=O) groups excluding carboxylic acids is 1. The summed E-state index contributed by atoms with van der Waals surface area (Å²) in [6, 6.07) is 4.07. The topological polar surface area (TPSA) is 98.3 Å². The number of rotatable bonds is 5. The van der Waals surface area contributed by atoms with Gasteiger partial charge in [-0.1, -0.05) is 19.9 Å². The Labute approximate surface area is 105 Å². The minimum Gasteiger partial charge on any atom is -0.368 e. The lowest BCUT2D eigenvalue weighted by Crippen LogP contribution is -2.39. The van der Waals surface area contributed by atoms with Crippen LogP contribution in [0, 0.1) is 23.0 Å². The second-order valence-corrected chi connectivity index (χ2v) is 4.55. The van der Waals surface area contributed by atoms with Crippen LogP contribution in [0.2, 0.25) is 0 Å². The molecule has 18 heavy (non-hydrogen) atoms. The summed E-state index contributed by atoms with van der Waals surface area (Å²) in [6.45, 7) is 5.47. The number of benzene rings is 1. The Hall–Kier alpha value is -2.11. The summed E-state index contributed by atoms with van der Waals surface area (Å²) in [6.07, 6.45) is 0. The van der Waals surface area contributed by atoms with Gasteiger partial charge in [0, 0.05) is 6.07 Å².